The number of aliphatic hydroxyl groups excluding tert-OH is 1. The molecule has 4 bridgehead atoms. The number of nitrogens with one attached hydrogen (secondary N) is 2. The zero-order valence-electron chi connectivity index (χ0n) is 14.3. The van der Waals surface area contributed by atoms with E-state index in [1.165, 1.54) is 38.5 Å². The molecular formula is C20H28N2O2. The lowest BCUT2D eigenvalue weighted by molar-refractivity contribution is -0.0498. The van der Waals surface area contributed by atoms with E-state index in [4.69, 9.17) is 5.11 Å². The highest BCUT2D eigenvalue weighted by atomic mass is 16.3. The van der Waals surface area contributed by atoms with Gasteiger partial charge >= 0.3 is 6.03 Å². The van der Waals surface area contributed by atoms with Gasteiger partial charge in [0.2, 0.25) is 0 Å². The minimum atomic E-state index is -0.0584. The predicted octanol–water partition coefficient (Wildman–Crippen LogP) is 3.19. The van der Waals surface area contributed by atoms with Crippen LogP contribution in [-0.2, 0) is 13.2 Å². The van der Waals surface area contributed by atoms with E-state index in [-0.39, 0.29) is 12.6 Å². The van der Waals surface area contributed by atoms with E-state index in [2.05, 4.69) is 10.6 Å². The molecule has 4 aliphatic rings. The first-order valence-corrected chi connectivity index (χ1v) is 9.34. The first-order chi connectivity index (χ1) is 11.6. The molecular weight excluding hydrogens is 300 g/mol. The van der Waals surface area contributed by atoms with E-state index in [0.717, 1.165) is 35.4 Å². The van der Waals surface area contributed by atoms with Crippen LogP contribution in [0.3, 0.4) is 0 Å². The Bertz CT molecular complexity index is 561. The Morgan fingerprint density at radius 3 is 2.04 bits per heavy atom. The third-order valence-corrected chi connectivity index (χ3v) is 6.45. The highest BCUT2D eigenvalue weighted by Gasteiger charge is 2.50. The second kappa shape index (κ2) is 6.40. The first-order valence-electron chi connectivity index (χ1n) is 9.34. The summed E-state index contributed by atoms with van der Waals surface area (Å²) >= 11 is 0. The number of urea groups is 1. The van der Waals surface area contributed by atoms with Crippen molar-refractivity contribution in [2.24, 2.45) is 23.2 Å². The maximum atomic E-state index is 12.2. The van der Waals surface area contributed by atoms with Gasteiger partial charge in [-0.3, -0.25) is 0 Å². The molecule has 4 aliphatic carbocycles. The number of aliphatic hydroxyl groups is 1. The summed E-state index contributed by atoms with van der Waals surface area (Å²) in [5.41, 5.74) is 2.33. The van der Waals surface area contributed by atoms with Crippen LogP contribution >= 0.6 is 0 Å². The summed E-state index contributed by atoms with van der Waals surface area (Å²) in [5, 5.41) is 15.2. The number of rotatable bonds is 5. The summed E-state index contributed by atoms with van der Waals surface area (Å²) < 4.78 is 0. The number of benzene rings is 1. The minimum absolute atomic E-state index is 0.0548. The van der Waals surface area contributed by atoms with Crippen molar-refractivity contribution in [1.82, 2.24) is 10.6 Å². The number of carbonyl (C=O) groups excluding carboxylic acids is 1. The molecule has 4 fully saturated rings. The molecule has 1 aromatic carbocycles. The second-order valence-corrected chi connectivity index (χ2v) is 8.43. The van der Waals surface area contributed by atoms with E-state index in [1.807, 2.05) is 24.3 Å². The van der Waals surface area contributed by atoms with E-state index >= 15 is 0 Å². The fraction of sp³-hybridized carbons (Fsp3) is 0.650. The Balaban J connectivity index is 1.26. The van der Waals surface area contributed by atoms with Crippen LogP contribution in [0.2, 0.25) is 0 Å². The maximum absolute atomic E-state index is 12.2. The van der Waals surface area contributed by atoms with Gasteiger partial charge in [-0.1, -0.05) is 24.3 Å². The van der Waals surface area contributed by atoms with Gasteiger partial charge in [-0.15, -0.1) is 0 Å². The van der Waals surface area contributed by atoms with E-state index in [9.17, 15) is 4.79 Å². The van der Waals surface area contributed by atoms with Gasteiger partial charge in [-0.2, -0.15) is 0 Å². The topological polar surface area (TPSA) is 61.4 Å². The Morgan fingerprint density at radius 1 is 0.958 bits per heavy atom. The van der Waals surface area contributed by atoms with E-state index in [1.54, 1.807) is 0 Å². The number of hydrogen-bond donors (Lipinski definition) is 3. The molecule has 0 unspecified atom stereocenters. The minimum Gasteiger partial charge on any atom is -0.392 e. The fourth-order valence-electron chi connectivity index (χ4n) is 5.78. The van der Waals surface area contributed by atoms with Gasteiger partial charge in [0.1, 0.15) is 0 Å². The van der Waals surface area contributed by atoms with Crippen LogP contribution in [0.5, 0.6) is 0 Å². The smallest absolute Gasteiger partial charge is 0.315 e. The standard InChI is InChI=1S/C20H28N2O2/c23-12-15-3-1-14(2-4-15)11-21-19(24)22-13-20-8-16-5-17(9-20)7-18(6-16)10-20/h1-4,16-18,23H,5-13H2,(H2,21,22,24). The van der Waals surface area contributed by atoms with Crippen LogP contribution in [0.15, 0.2) is 24.3 Å². The molecule has 24 heavy (non-hydrogen) atoms. The molecule has 0 spiro atoms. The molecule has 0 atom stereocenters. The van der Waals surface area contributed by atoms with Crippen LogP contribution < -0.4 is 10.6 Å². The van der Waals surface area contributed by atoms with Crippen molar-refractivity contribution in [1.29, 1.82) is 0 Å². The molecule has 0 radical (unpaired) electrons. The molecule has 4 heteroatoms. The highest BCUT2D eigenvalue weighted by Crippen LogP contribution is 2.59. The van der Waals surface area contributed by atoms with Gasteiger partial charge in [0.05, 0.1) is 6.61 Å². The summed E-state index contributed by atoms with van der Waals surface area (Å²) in [6, 6.07) is 7.63. The largest absolute Gasteiger partial charge is 0.392 e. The number of hydrogen-bond acceptors (Lipinski definition) is 2. The van der Waals surface area contributed by atoms with E-state index < -0.39 is 0 Å². The fourth-order valence-corrected chi connectivity index (χ4v) is 5.78. The Kier molecular flexibility index (Phi) is 4.25. The Labute approximate surface area is 144 Å². The van der Waals surface area contributed by atoms with Crippen molar-refractivity contribution < 1.29 is 9.90 Å². The van der Waals surface area contributed by atoms with E-state index in [0.29, 0.717) is 12.0 Å². The van der Waals surface area contributed by atoms with Crippen molar-refractivity contribution in [2.45, 2.75) is 51.7 Å². The molecule has 3 N–H and O–H groups in total. The third-order valence-electron chi connectivity index (χ3n) is 6.45. The highest BCUT2D eigenvalue weighted by molar-refractivity contribution is 5.73. The molecule has 0 heterocycles. The van der Waals surface area contributed by atoms with Gasteiger partial charge in [-0.25, -0.2) is 4.79 Å². The maximum Gasteiger partial charge on any atom is 0.315 e. The normalized spacial score (nSPS) is 33.5. The lowest BCUT2D eigenvalue weighted by Crippen LogP contribution is -2.52. The molecule has 4 saturated carbocycles. The van der Waals surface area contributed by atoms with Crippen molar-refractivity contribution in [2.75, 3.05) is 6.54 Å². The van der Waals surface area contributed by atoms with Crippen LogP contribution in [0.1, 0.15) is 49.7 Å². The first kappa shape index (κ1) is 15.9. The number of carbonyl (C=O) groups is 1. The Hall–Kier alpha value is -1.55. The molecule has 2 amide bonds. The van der Waals surface area contributed by atoms with Crippen molar-refractivity contribution in [3.8, 4) is 0 Å². The summed E-state index contributed by atoms with van der Waals surface area (Å²) in [5.74, 6) is 2.77. The molecule has 0 aromatic heterocycles. The van der Waals surface area contributed by atoms with Gasteiger partial charge in [-0.05, 0) is 72.8 Å². The summed E-state index contributed by atoms with van der Waals surface area (Å²) in [7, 11) is 0. The van der Waals surface area contributed by atoms with Crippen LogP contribution in [0, 0.1) is 23.2 Å². The van der Waals surface area contributed by atoms with Crippen molar-refractivity contribution in [3.63, 3.8) is 0 Å². The molecule has 4 nitrogen and oxygen atoms in total. The average molecular weight is 328 g/mol. The van der Waals surface area contributed by atoms with Gasteiger partial charge in [0.25, 0.3) is 0 Å². The van der Waals surface area contributed by atoms with Crippen LogP contribution in [0.25, 0.3) is 0 Å². The predicted molar refractivity (Wildman–Crippen MR) is 93.2 cm³/mol. The number of amides is 2. The third kappa shape index (κ3) is 3.30. The lowest BCUT2D eigenvalue weighted by Gasteiger charge is -2.56. The quantitative estimate of drug-likeness (QED) is 0.777. The van der Waals surface area contributed by atoms with Gasteiger partial charge < -0.3 is 15.7 Å². The molecule has 5 rings (SSSR count). The Morgan fingerprint density at radius 2 is 1.50 bits per heavy atom. The zero-order valence-corrected chi connectivity index (χ0v) is 14.3. The monoisotopic (exact) mass is 328 g/mol. The zero-order chi connectivity index (χ0) is 16.6. The molecule has 0 aliphatic heterocycles. The summed E-state index contributed by atoms with van der Waals surface area (Å²) in [4.78, 5) is 12.2. The van der Waals surface area contributed by atoms with Crippen LogP contribution in [0.4, 0.5) is 4.79 Å². The van der Waals surface area contributed by atoms with Crippen molar-refractivity contribution >= 4 is 6.03 Å². The second-order valence-electron chi connectivity index (χ2n) is 8.43. The summed E-state index contributed by atoms with van der Waals surface area (Å²) in [6.45, 7) is 1.42. The SMILES string of the molecule is O=C(NCc1ccc(CO)cc1)NCC12CC3CC(CC(C3)C1)C2. The van der Waals surface area contributed by atoms with Gasteiger partial charge in [0, 0.05) is 13.1 Å². The van der Waals surface area contributed by atoms with Crippen molar-refractivity contribution in [3.05, 3.63) is 35.4 Å². The van der Waals surface area contributed by atoms with Gasteiger partial charge in [0.15, 0.2) is 0 Å². The lowest BCUT2D eigenvalue weighted by atomic mass is 9.49. The van der Waals surface area contributed by atoms with Crippen LogP contribution in [-0.4, -0.2) is 17.7 Å². The summed E-state index contributed by atoms with van der Waals surface area (Å²) in [6.07, 6.45) is 8.28. The average Bonchev–Trinajstić information content (AvgIpc) is 2.57. The molecule has 130 valence electrons. The molecule has 1 aromatic rings. The molecule has 0 saturated heterocycles.